The molecule has 1 unspecified atom stereocenters. The maximum atomic E-state index is 10.3. The van der Waals surface area contributed by atoms with Crippen molar-refractivity contribution in [3.05, 3.63) is 47.1 Å². The minimum atomic E-state index is -0.699. The van der Waals surface area contributed by atoms with Crippen LogP contribution in [0.3, 0.4) is 0 Å². The van der Waals surface area contributed by atoms with Gasteiger partial charge >= 0.3 is 0 Å². The number of hydrogen-bond donors (Lipinski definition) is 1. The monoisotopic (exact) mass is 370 g/mol. The summed E-state index contributed by atoms with van der Waals surface area (Å²) in [6.45, 7) is 12.5. The van der Waals surface area contributed by atoms with Gasteiger partial charge in [0, 0.05) is 0 Å². The van der Waals surface area contributed by atoms with E-state index in [0.29, 0.717) is 0 Å². The smallest absolute Gasteiger partial charge is 0.0802 e. The Hall–Kier alpha value is -0.600. The van der Waals surface area contributed by atoms with Crippen molar-refractivity contribution in [1.82, 2.24) is 0 Å². The van der Waals surface area contributed by atoms with E-state index in [1.807, 2.05) is 13.0 Å². The van der Waals surface area contributed by atoms with E-state index in [0.717, 1.165) is 32.1 Å². The molecule has 0 heterocycles. The fraction of sp³-hybridized carbons (Fsp3) is 0.600. The van der Waals surface area contributed by atoms with Gasteiger partial charge in [-0.25, -0.2) is 0 Å². The zero-order chi connectivity index (χ0) is 16.3. The fourth-order valence-corrected chi connectivity index (χ4v) is 2.02. The zero-order valence-corrected chi connectivity index (χ0v) is 17.0. The van der Waals surface area contributed by atoms with E-state index in [-0.39, 0.29) is 17.0 Å². The molecule has 128 valence electrons. The third-order valence-corrected chi connectivity index (χ3v) is 3.37. The first-order valence-electron chi connectivity index (χ1n) is 8.05. The van der Waals surface area contributed by atoms with Crippen LogP contribution in [0.5, 0.6) is 0 Å². The summed E-state index contributed by atoms with van der Waals surface area (Å²) in [5, 5.41) is 10.3. The van der Waals surface area contributed by atoms with E-state index in [2.05, 4.69) is 58.9 Å². The van der Waals surface area contributed by atoms with Gasteiger partial charge in [-0.2, -0.15) is 0 Å². The summed E-state index contributed by atoms with van der Waals surface area (Å²) >= 11 is 0. The maximum Gasteiger partial charge on any atom is 0.0802 e. The van der Waals surface area contributed by atoms with Crippen molar-refractivity contribution in [1.29, 1.82) is 0 Å². The van der Waals surface area contributed by atoms with Crippen molar-refractivity contribution in [3.8, 4) is 0 Å². The zero-order valence-electron chi connectivity index (χ0n) is 15.3. The van der Waals surface area contributed by atoms with Gasteiger partial charge in [0.1, 0.15) is 0 Å². The Balaban J connectivity index is 0. The number of rotatable bonds is 9. The lowest BCUT2D eigenvalue weighted by molar-refractivity contribution is 0.103. The fourth-order valence-electron chi connectivity index (χ4n) is 2.02. The van der Waals surface area contributed by atoms with Crippen molar-refractivity contribution in [2.24, 2.45) is 0 Å². The quantitative estimate of drug-likeness (QED) is 0.447. The van der Waals surface area contributed by atoms with Crippen molar-refractivity contribution >= 4 is 17.0 Å². The molecule has 0 amide bonds. The van der Waals surface area contributed by atoms with Crippen LogP contribution in [0, 0.1) is 0 Å². The molecule has 0 aliphatic rings. The van der Waals surface area contributed by atoms with Crippen LogP contribution in [0.1, 0.15) is 73.6 Å². The molecule has 22 heavy (non-hydrogen) atoms. The SMILES string of the molecule is Br.CC(C)=CCC/C(C)=C/CC=CC(C)(O)CCC=C(C)C. The van der Waals surface area contributed by atoms with Gasteiger partial charge in [-0.1, -0.05) is 47.1 Å². The van der Waals surface area contributed by atoms with E-state index < -0.39 is 5.60 Å². The molecular weight excluding hydrogens is 336 g/mol. The standard InChI is InChI=1S/C20H34O.BrH/c1-17(2)11-9-14-19(5)13-7-8-15-20(6,21)16-10-12-18(3)4;/h8,11-13,15,21H,7,9-10,14,16H2,1-6H3;1H/b15-8?,19-13+;. The van der Waals surface area contributed by atoms with Crippen LogP contribution in [-0.2, 0) is 0 Å². The highest BCUT2D eigenvalue weighted by molar-refractivity contribution is 8.93. The third-order valence-electron chi connectivity index (χ3n) is 3.37. The van der Waals surface area contributed by atoms with E-state index in [9.17, 15) is 5.11 Å². The lowest BCUT2D eigenvalue weighted by Gasteiger charge is -2.17. The second-order valence-corrected chi connectivity index (χ2v) is 6.69. The van der Waals surface area contributed by atoms with Crippen molar-refractivity contribution < 1.29 is 5.11 Å². The molecule has 0 aromatic rings. The molecule has 0 radical (unpaired) electrons. The predicted molar refractivity (Wildman–Crippen MR) is 106 cm³/mol. The maximum absolute atomic E-state index is 10.3. The summed E-state index contributed by atoms with van der Waals surface area (Å²) < 4.78 is 0. The van der Waals surface area contributed by atoms with E-state index in [1.165, 1.54) is 16.7 Å². The first-order valence-corrected chi connectivity index (χ1v) is 8.05. The van der Waals surface area contributed by atoms with Crippen LogP contribution in [0.2, 0.25) is 0 Å². The molecule has 0 aromatic heterocycles. The molecule has 0 fully saturated rings. The number of aliphatic hydroxyl groups is 1. The van der Waals surface area contributed by atoms with Gasteiger partial charge in [0.25, 0.3) is 0 Å². The Labute approximate surface area is 148 Å². The van der Waals surface area contributed by atoms with Crippen LogP contribution in [0.25, 0.3) is 0 Å². The third kappa shape index (κ3) is 15.8. The molecule has 0 spiro atoms. The van der Waals surface area contributed by atoms with Crippen molar-refractivity contribution in [2.75, 3.05) is 0 Å². The summed E-state index contributed by atoms with van der Waals surface area (Å²) in [5.41, 5.74) is 3.41. The molecule has 0 aliphatic heterocycles. The Morgan fingerprint density at radius 2 is 1.45 bits per heavy atom. The topological polar surface area (TPSA) is 20.2 Å². The van der Waals surface area contributed by atoms with Crippen molar-refractivity contribution in [2.45, 2.75) is 79.2 Å². The molecule has 0 saturated carbocycles. The summed E-state index contributed by atoms with van der Waals surface area (Å²) in [5.74, 6) is 0. The molecule has 2 heteroatoms. The molecule has 1 atom stereocenters. The molecule has 0 bridgehead atoms. The van der Waals surface area contributed by atoms with E-state index >= 15 is 0 Å². The Bertz CT molecular complexity index is 403. The average molecular weight is 371 g/mol. The molecule has 0 aromatic carbocycles. The highest BCUT2D eigenvalue weighted by Gasteiger charge is 2.14. The van der Waals surface area contributed by atoms with Crippen LogP contribution in [0.15, 0.2) is 47.1 Å². The lowest BCUT2D eigenvalue weighted by Crippen LogP contribution is -2.19. The molecule has 0 rings (SSSR count). The van der Waals surface area contributed by atoms with Crippen LogP contribution in [-0.4, -0.2) is 10.7 Å². The minimum absolute atomic E-state index is 0. The second-order valence-electron chi connectivity index (χ2n) is 6.69. The number of halogens is 1. The van der Waals surface area contributed by atoms with E-state index in [1.54, 1.807) is 0 Å². The van der Waals surface area contributed by atoms with Crippen LogP contribution in [0.4, 0.5) is 0 Å². The van der Waals surface area contributed by atoms with Gasteiger partial charge in [-0.3, -0.25) is 0 Å². The van der Waals surface area contributed by atoms with E-state index in [4.69, 9.17) is 0 Å². The van der Waals surface area contributed by atoms with Gasteiger partial charge in [-0.15, -0.1) is 17.0 Å². The summed E-state index contributed by atoms with van der Waals surface area (Å²) in [6, 6.07) is 0. The molecule has 0 aliphatic carbocycles. The molecule has 1 nitrogen and oxygen atoms in total. The van der Waals surface area contributed by atoms with Crippen molar-refractivity contribution in [3.63, 3.8) is 0 Å². The first kappa shape index (κ1) is 23.7. The average Bonchev–Trinajstić information content (AvgIpc) is 2.33. The number of hydrogen-bond acceptors (Lipinski definition) is 1. The predicted octanol–water partition coefficient (Wildman–Crippen LogP) is 6.70. The van der Waals surface area contributed by atoms with Gasteiger partial charge in [-0.05, 0) is 73.6 Å². The summed E-state index contributed by atoms with van der Waals surface area (Å²) in [6.07, 6.45) is 15.6. The lowest BCUT2D eigenvalue weighted by atomic mass is 9.98. The van der Waals surface area contributed by atoms with Crippen LogP contribution < -0.4 is 0 Å². The second kappa shape index (κ2) is 12.9. The highest BCUT2D eigenvalue weighted by atomic mass is 79.9. The van der Waals surface area contributed by atoms with Gasteiger partial charge in [0.2, 0.25) is 0 Å². The Kier molecular flexibility index (Phi) is 13.9. The summed E-state index contributed by atoms with van der Waals surface area (Å²) in [7, 11) is 0. The summed E-state index contributed by atoms with van der Waals surface area (Å²) in [4.78, 5) is 0. The molecule has 0 saturated heterocycles. The van der Waals surface area contributed by atoms with Gasteiger partial charge in [0.15, 0.2) is 0 Å². The van der Waals surface area contributed by atoms with Gasteiger partial charge < -0.3 is 5.11 Å². The molecule has 1 N–H and O–H groups in total. The highest BCUT2D eigenvalue weighted by Crippen LogP contribution is 2.16. The largest absolute Gasteiger partial charge is 0.386 e. The first-order chi connectivity index (χ1) is 9.73. The van der Waals surface area contributed by atoms with Crippen LogP contribution >= 0.6 is 17.0 Å². The normalized spacial score (nSPS) is 14.2. The van der Waals surface area contributed by atoms with Gasteiger partial charge in [0.05, 0.1) is 5.60 Å². The Morgan fingerprint density at radius 1 is 0.909 bits per heavy atom. The molecular formula is C20H35BrO. The minimum Gasteiger partial charge on any atom is -0.386 e. The number of allylic oxidation sites excluding steroid dienone is 7. The Morgan fingerprint density at radius 3 is 2.00 bits per heavy atom.